The Balaban J connectivity index is 2.00. The number of hydrogen-bond acceptors (Lipinski definition) is 2. The second-order valence-corrected chi connectivity index (χ2v) is 8.92. The summed E-state index contributed by atoms with van der Waals surface area (Å²) >= 11 is 2.32. The Morgan fingerprint density at radius 3 is 2.62 bits per heavy atom. The van der Waals surface area contributed by atoms with Crippen LogP contribution in [0.25, 0.3) is 0 Å². The zero-order valence-electron chi connectivity index (χ0n) is 14.8. The van der Waals surface area contributed by atoms with E-state index in [1.165, 1.54) is 14.7 Å². The molecule has 3 heteroatoms. The van der Waals surface area contributed by atoms with Crippen LogP contribution in [0.15, 0.2) is 35.4 Å². The molecule has 1 saturated carbocycles. The molecule has 2 aliphatic rings. The average molecular weight is 438 g/mol. The van der Waals surface area contributed by atoms with Gasteiger partial charge in [-0.3, -0.25) is 4.79 Å². The van der Waals surface area contributed by atoms with E-state index in [-0.39, 0.29) is 23.4 Å². The van der Waals surface area contributed by atoms with Crippen molar-refractivity contribution in [3.63, 3.8) is 0 Å². The molecular weight excluding hydrogens is 411 g/mol. The van der Waals surface area contributed by atoms with Crippen molar-refractivity contribution in [1.82, 2.24) is 0 Å². The van der Waals surface area contributed by atoms with Gasteiger partial charge >= 0.3 is 0 Å². The third-order valence-electron chi connectivity index (χ3n) is 6.36. The number of ketones is 1. The highest BCUT2D eigenvalue weighted by Crippen LogP contribution is 2.53. The van der Waals surface area contributed by atoms with Crippen LogP contribution in [0, 0.1) is 14.9 Å². The first-order chi connectivity index (χ1) is 11.4. The quantitative estimate of drug-likeness (QED) is 0.656. The van der Waals surface area contributed by atoms with Gasteiger partial charge in [0.25, 0.3) is 0 Å². The molecule has 130 valence electrons. The van der Waals surface area contributed by atoms with E-state index in [4.69, 9.17) is 0 Å². The van der Waals surface area contributed by atoms with Crippen LogP contribution in [-0.2, 0) is 4.79 Å². The lowest BCUT2D eigenvalue weighted by molar-refractivity contribution is -0.123. The standard InChI is InChI=1S/C21H27IO2/c1-4-16(14-8-10-15(22)11-9-14)17-12-21(3)18(13(2)20(17)24)6-5-7-19(21)23/h8-11,16-17,19,23H,4-7,12H2,1-3H3/t16?,17?,19-,21-/m0/s1. The SMILES string of the molecule is CCC(c1ccc(I)cc1)C1C[C@@]2(C)C(=C(C)C1=O)CCC[C@@H]2O. The lowest BCUT2D eigenvalue weighted by atomic mass is 9.57. The summed E-state index contributed by atoms with van der Waals surface area (Å²) in [4.78, 5) is 13.1. The lowest BCUT2D eigenvalue weighted by Gasteiger charge is -2.48. The topological polar surface area (TPSA) is 37.3 Å². The van der Waals surface area contributed by atoms with E-state index in [2.05, 4.69) is 60.7 Å². The molecule has 0 aromatic heterocycles. The van der Waals surface area contributed by atoms with E-state index >= 15 is 0 Å². The molecule has 0 radical (unpaired) electrons. The number of fused-ring (bicyclic) bond motifs is 1. The van der Waals surface area contributed by atoms with Crippen LogP contribution in [0.1, 0.15) is 64.4 Å². The summed E-state index contributed by atoms with van der Waals surface area (Å²) in [5, 5.41) is 10.7. The van der Waals surface area contributed by atoms with Crippen LogP contribution < -0.4 is 0 Å². The average Bonchev–Trinajstić information content (AvgIpc) is 2.56. The molecule has 2 aliphatic carbocycles. The van der Waals surface area contributed by atoms with Gasteiger partial charge in [0.1, 0.15) is 0 Å². The third kappa shape index (κ3) is 2.98. The van der Waals surface area contributed by atoms with Crippen LogP contribution in [0.5, 0.6) is 0 Å². The summed E-state index contributed by atoms with van der Waals surface area (Å²) in [6.07, 6.45) is 4.24. The molecule has 1 aromatic rings. The number of allylic oxidation sites excluding steroid dienone is 1. The van der Waals surface area contributed by atoms with Crippen LogP contribution in [-0.4, -0.2) is 17.0 Å². The monoisotopic (exact) mass is 438 g/mol. The Morgan fingerprint density at radius 1 is 1.33 bits per heavy atom. The van der Waals surface area contributed by atoms with E-state index in [9.17, 15) is 9.90 Å². The number of rotatable bonds is 3. The maximum absolute atomic E-state index is 13.1. The van der Waals surface area contributed by atoms with Gasteiger partial charge in [-0.2, -0.15) is 0 Å². The molecule has 0 spiro atoms. The fraction of sp³-hybridized carbons (Fsp3) is 0.571. The van der Waals surface area contributed by atoms with E-state index in [0.29, 0.717) is 5.78 Å². The Kier molecular flexibility index (Phi) is 5.22. The van der Waals surface area contributed by atoms with Crippen LogP contribution in [0.4, 0.5) is 0 Å². The van der Waals surface area contributed by atoms with E-state index in [1.54, 1.807) is 0 Å². The predicted molar refractivity (Wildman–Crippen MR) is 106 cm³/mol. The van der Waals surface area contributed by atoms with Gasteiger partial charge in [0, 0.05) is 14.9 Å². The number of hydrogen-bond donors (Lipinski definition) is 1. The minimum absolute atomic E-state index is 0.0171. The normalized spacial score (nSPS) is 31.8. The first-order valence-corrected chi connectivity index (χ1v) is 10.1. The van der Waals surface area contributed by atoms with Crippen molar-refractivity contribution in [3.05, 3.63) is 44.5 Å². The second-order valence-electron chi connectivity index (χ2n) is 7.67. The van der Waals surface area contributed by atoms with Gasteiger partial charge in [-0.25, -0.2) is 0 Å². The van der Waals surface area contributed by atoms with Gasteiger partial charge in [0.05, 0.1) is 6.10 Å². The molecule has 1 aromatic carbocycles. The maximum atomic E-state index is 13.1. The van der Waals surface area contributed by atoms with Crippen LogP contribution in [0.3, 0.4) is 0 Å². The molecule has 0 bridgehead atoms. The summed E-state index contributed by atoms with van der Waals surface area (Å²) in [5.41, 5.74) is 3.18. The Labute approximate surface area is 158 Å². The number of carbonyl (C=O) groups excluding carboxylic acids is 1. The van der Waals surface area contributed by atoms with Gasteiger partial charge in [0.15, 0.2) is 5.78 Å². The number of benzene rings is 1. The van der Waals surface area contributed by atoms with Crippen LogP contribution in [0.2, 0.25) is 0 Å². The van der Waals surface area contributed by atoms with Crippen molar-refractivity contribution in [2.75, 3.05) is 0 Å². The second kappa shape index (κ2) is 6.91. The number of aliphatic hydroxyl groups excluding tert-OH is 1. The molecule has 0 saturated heterocycles. The highest BCUT2D eigenvalue weighted by molar-refractivity contribution is 14.1. The molecule has 24 heavy (non-hydrogen) atoms. The van der Waals surface area contributed by atoms with Gasteiger partial charge in [-0.05, 0) is 90.8 Å². The molecule has 2 nitrogen and oxygen atoms in total. The highest BCUT2D eigenvalue weighted by Gasteiger charge is 2.49. The van der Waals surface area contributed by atoms with Crippen molar-refractivity contribution in [2.24, 2.45) is 11.3 Å². The Morgan fingerprint density at radius 2 is 2.00 bits per heavy atom. The minimum Gasteiger partial charge on any atom is -0.392 e. The molecule has 3 rings (SSSR count). The molecule has 0 heterocycles. The first kappa shape index (κ1) is 18.1. The summed E-state index contributed by atoms with van der Waals surface area (Å²) in [5.74, 6) is 0.524. The molecular formula is C21H27IO2. The fourth-order valence-electron chi connectivity index (χ4n) is 4.92. The molecule has 2 unspecified atom stereocenters. The number of carbonyl (C=O) groups is 1. The predicted octanol–water partition coefficient (Wildman–Crippen LogP) is 5.24. The first-order valence-electron chi connectivity index (χ1n) is 9.06. The number of halogens is 1. The summed E-state index contributed by atoms with van der Waals surface area (Å²) in [7, 11) is 0. The summed E-state index contributed by atoms with van der Waals surface area (Å²) in [6, 6.07) is 8.57. The third-order valence-corrected chi connectivity index (χ3v) is 7.08. The smallest absolute Gasteiger partial charge is 0.162 e. The van der Waals surface area contributed by atoms with Crippen molar-refractivity contribution in [3.8, 4) is 0 Å². The fourth-order valence-corrected chi connectivity index (χ4v) is 5.28. The van der Waals surface area contributed by atoms with Gasteiger partial charge in [-0.15, -0.1) is 0 Å². The molecule has 0 aliphatic heterocycles. The highest BCUT2D eigenvalue weighted by atomic mass is 127. The van der Waals surface area contributed by atoms with Gasteiger partial charge < -0.3 is 5.11 Å². The van der Waals surface area contributed by atoms with E-state index in [1.807, 2.05) is 6.92 Å². The summed E-state index contributed by atoms with van der Waals surface area (Å²) in [6.45, 7) is 6.33. The van der Waals surface area contributed by atoms with E-state index < -0.39 is 0 Å². The zero-order valence-corrected chi connectivity index (χ0v) is 17.0. The lowest BCUT2D eigenvalue weighted by Crippen LogP contribution is -2.46. The van der Waals surface area contributed by atoms with E-state index in [0.717, 1.165) is 37.7 Å². The number of aliphatic hydroxyl groups is 1. The largest absolute Gasteiger partial charge is 0.392 e. The molecule has 1 N–H and O–H groups in total. The zero-order chi connectivity index (χ0) is 17.5. The Hall–Kier alpha value is -0.680. The number of Topliss-reactive ketones (excluding diaryl/α,β-unsaturated/α-hetero) is 1. The molecule has 4 atom stereocenters. The Bertz CT molecular complexity index is 661. The van der Waals surface area contributed by atoms with Crippen molar-refractivity contribution >= 4 is 28.4 Å². The molecule has 1 fully saturated rings. The van der Waals surface area contributed by atoms with Gasteiger partial charge in [0.2, 0.25) is 0 Å². The maximum Gasteiger partial charge on any atom is 0.162 e. The van der Waals surface area contributed by atoms with Crippen LogP contribution >= 0.6 is 22.6 Å². The van der Waals surface area contributed by atoms with Gasteiger partial charge in [-0.1, -0.05) is 31.6 Å². The van der Waals surface area contributed by atoms with Crippen molar-refractivity contribution in [2.45, 2.75) is 64.9 Å². The van der Waals surface area contributed by atoms with Crippen molar-refractivity contribution < 1.29 is 9.90 Å². The van der Waals surface area contributed by atoms with Crippen molar-refractivity contribution in [1.29, 1.82) is 0 Å². The summed E-state index contributed by atoms with van der Waals surface area (Å²) < 4.78 is 1.22. The molecule has 0 amide bonds. The minimum atomic E-state index is -0.318.